The van der Waals surface area contributed by atoms with Crippen molar-refractivity contribution in [2.24, 2.45) is 0 Å². The number of hydrogen-bond acceptors (Lipinski definition) is 2. The van der Waals surface area contributed by atoms with Crippen molar-refractivity contribution >= 4 is 28.7 Å². The first-order chi connectivity index (χ1) is 10.7. The molecule has 2 aromatic rings. The van der Waals surface area contributed by atoms with Crippen molar-refractivity contribution in [1.29, 1.82) is 0 Å². The number of rotatable bonds is 3. The quantitative estimate of drug-likeness (QED) is 0.673. The minimum atomic E-state index is 0.210. The van der Waals surface area contributed by atoms with Crippen LogP contribution in [0.1, 0.15) is 29.0 Å². The average molecular weight is 329 g/mol. The highest BCUT2D eigenvalue weighted by Crippen LogP contribution is 2.37. The van der Waals surface area contributed by atoms with Crippen LogP contribution in [-0.2, 0) is 6.42 Å². The fraction of sp³-hybridized carbons (Fsp3) is 0.278. The molecule has 0 aliphatic carbocycles. The number of nitrogens with zero attached hydrogens (tertiary/aromatic N) is 1. The molecule has 1 atom stereocenters. The predicted octanol–water partition coefficient (Wildman–Crippen LogP) is 4.15. The molecule has 1 aliphatic rings. The number of thiocarbonyl (C=S) groups is 1. The molecule has 0 saturated heterocycles. The van der Waals surface area contributed by atoms with Crippen LogP contribution in [0.3, 0.4) is 0 Å². The molecule has 0 fully saturated rings. The van der Waals surface area contributed by atoms with E-state index in [9.17, 15) is 0 Å². The van der Waals surface area contributed by atoms with Gasteiger partial charge >= 0.3 is 0 Å². The van der Waals surface area contributed by atoms with Gasteiger partial charge in [-0.1, -0.05) is 42.5 Å². The molecule has 22 heavy (non-hydrogen) atoms. The fourth-order valence-corrected chi connectivity index (χ4v) is 4.03. The van der Waals surface area contributed by atoms with Crippen LogP contribution in [0.5, 0.6) is 0 Å². The number of hydrogen-bond donors (Lipinski definition) is 1. The van der Waals surface area contributed by atoms with Gasteiger partial charge in [0.05, 0.1) is 6.04 Å². The van der Waals surface area contributed by atoms with E-state index in [-0.39, 0.29) is 6.04 Å². The van der Waals surface area contributed by atoms with Gasteiger partial charge in [-0.3, -0.25) is 0 Å². The lowest BCUT2D eigenvalue weighted by atomic mass is 9.94. The standard InChI is InChI=1S/C18H20N2S2/c1-13(2)12-19-18(21)20-10-8-16-15(9-11-22-16)17(20)14-6-4-3-5-7-14/h3-7,9,11,17H,1,8,10,12H2,2H3,(H,19,21). The monoisotopic (exact) mass is 328 g/mol. The van der Waals surface area contributed by atoms with E-state index in [1.807, 2.05) is 18.3 Å². The summed E-state index contributed by atoms with van der Waals surface area (Å²) >= 11 is 7.50. The third-order valence-electron chi connectivity index (χ3n) is 3.88. The molecule has 2 heterocycles. The zero-order chi connectivity index (χ0) is 15.5. The molecule has 0 spiro atoms. The lowest BCUT2D eigenvalue weighted by molar-refractivity contribution is 0.337. The van der Waals surface area contributed by atoms with E-state index in [2.05, 4.69) is 58.6 Å². The summed E-state index contributed by atoms with van der Waals surface area (Å²) < 4.78 is 0. The molecule has 0 saturated carbocycles. The van der Waals surface area contributed by atoms with E-state index in [0.717, 1.165) is 30.2 Å². The molecular weight excluding hydrogens is 308 g/mol. The molecule has 1 aromatic carbocycles. The third kappa shape index (κ3) is 3.08. The molecule has 3 rings (SSSR count). The average Bonchev–Trinajstić information content (AvgIpc) is 3.01. The van der Waals surface area contributed by atoms with Crippen molar-refractivity contribution in [2.45, 2.75) is 19.4 Å². The van der Waals surface area contributed by atoms with Crippen molar-refractivity contribution in [3.63, 3.8) is 0 Å². The molecule has 1 aromatic heterocycles. The van der Waals surface area contributed by atoms with E-state index in [1.54, 1.807) is 0 Å². The first-order valence-corrected chi connectivity index (χ1v) is 8.75. The first-order valence-electron chi connectivity index (χ1n) is 7.47. The second-order valence-electron chi connectivity index (χ2n) is 5.67. The number of benzene rings is 1. The summed E-state index contributed by atoms with van der Waals surface area (Å²) in [7, 11) is 0. The van der Waals surface area contributed by atoms with E-state index in [0.29, 0.717) is 0 Å². The summed E-state index contributed by atoms with van der Waals surface area (Å²) in [6.45, 7) is 7.63. The summed E-state index contributed by atoms with van der Waals surface area (Å²) in [5.41, 5.74) is 3.77. The van der Waals surface area contributed by atoms with E-state index in [1.165, 1.54) is 16.0 Å². The number of thiophene rings is 1. The summed E-state index contributed by atoms with van der Waals surface area (Å²) in [5.74, 6) is 0. The van der Waals surface area contributed by atoms with Crippen LogP contribution in [0.15, 0.2) is 53.9 Å². The maximum atomic E-state index is 5.65. The van der Waals surface area contributed by atoms with Crippen molar-refractivity contribution in [1.82, 2.24) is 10.2 Å². The molecule has 1 N–H and O–H groups in total. The minimum absolute atomic E-state index is 0.210. The molecule has 1 unspecified atom stereocenters. The summed E-state index contributed by atoms with van der Waals surface area (Å²) in [6.07, 6.45) is 1.06. The maximum absolute atomic E-state index is 5.65. The fourth-order valence-electron chi connectivity index (χ4n) is 2.86. The predicted molar refractivity (Wildman–Crippen MR) is 98.4 cm³/mol. The van der Waals surface area contributed by atoms with Crippen molar-refractivity contribution in [3.8, 4) is 0 Å². The molecule has 1 aliphatic heterocycles. The molecule has 0 radical (unpaired) electrons. The number of fused-ring (bicyclic) bond motifs is 1. The number of nitrogens with one attached hydrogen (secondary N) is 1. The Bertz CT molecular complexity index is 675. The Hall–Kier alpha value is -1.65. The van der Waals surface area contributed by atoms with E-state index < -0.39 is 0 Å². The van der Waals surface area contributed by atoms with Gasteiger partial charge in [0.25, 0.3) is 0 Å². The van der Waals surface area contributed by atoms with E-state index >= 15 is 0 Å². The van der Waals surface area contributed by atoms with Crippen LogP contribution in [0.25, 0.3) is 0 Å². The zero-order valence-electron chi connectivity index (χ0n) is 12.7. The smallest absolute Gasteiger partial charge is 0.169 e. The van der Waals surface area contributed by atoms with E-state index in [4.69, 9.17) is 12.2 Å². The Balaban J connectivity index is 1.92. The van der Waals surface area contributed by atoms with Gasteiger partial charge < -0.3 is 10.2 Å². The van der Waals surface area contributed by atoms with Gasteiger partial charge in [0.1, 0.15) is 0 Å². The summed E-state index contributed by atoms with van der Waals surface area (Å²) in [5, 5.41) is 6.34. The topological polar surface area (TPSA) is 15.3 Å². The first kappa shape index (κ1) is 15.3. The zero-order valence-corrected chi connectivity index (χ0v) is 14.3. The van der Waals surface area contributed by atoms with Crippen LogP contribution < -0.4 is 5.32 Å². The lowest BCUT2D eigenvalue weighted by Crippen LogP contribution is -2.45. The molecule has 0 bridgehead atoms. The summed E-state index contributed by atoms with van der Waals surface area (Å²) in [4.78, 5) is 3.79. The Morgan fingerprint density at radius 2 is 2.14 bits per heavy atom. The Morgan fingerprint density at radius 1 is 1.36 bits per heavy atom. The Kier molecular flexibility index (Phi) is 4.60. The van der Waals surface area contributed by atoms with Crippen molar-refractivity contribution in [3.05, 3.63) is 69.9 Å². The molecule has 2 nitrogen and oxygen atoms in total. The van der Waals surface area contributed by atoms with Crippen LogP contribution >= 0.6 is 23.6 Å². The second-order valence-corrected chi connectivity index (χ2v) is 7.06. The van der Waals surface area contributed by atoms with Crippen molar-refractivity contribution < 1.29 is 0 Å². The van der Waals surface area contributed by atoms with Crippen LogP contribution in [-0.4, -0.2) is 23.1 Å². The normalized spacial score (nSPS) is 17.0. The highest BCUT2D eigenvalue weighted by molar-refractivity contribution is 7.80. The molecule has 114 valence electrons. The van der Waals surface area contributed by atoms with Gasteiger partial charge in [0.2, 0.25) is 0 Å². The van der Waals surface area contributed by atoms with Crippen LogP contribution in [0.4, 0.5) is 0 Å². The van der Waals surface area contributed by atoms with Gasteiger partial charge in [-0.15, -0.1) is 11.3 Å². The lowest BCUT2D eigenvalue weighted by Gasteiger charge is -2.38. The molecular formula is C18H20N2S2. The van der Waals surface area contributed by atoms with Gasteiger partial charge in [-0.25, -0.2) is 0 Å². The Labute approximate surface area is 141 Å². The summed E-state index contributed by atoms with van der Waals surface area (Å²) in [6, 6.07) is 13.1. The largest absolute Gasteiger partial charge is 0.359 e. The van der Waals surface area contributed by atoms with Gasteiger partial charge in [-0.2, -0.15) is 0 Å². The van der Waals surface area contributed by atoms with Gasteiger partial charge in [-0.05, 0) is 48.1 Å². The SMILES string of the molecule is C=C(C)CNC(=S)N1CCc2sccc2C1c1ccccc1. The highest BCUT2D eigenvalue weighted by atomic mass is 32.1. The van der Waals surface area contributed by atoms with Crippen LogP contribution in [0.2, 0.25) is 0 Å². The third-order valence-corrected chi connectivity index (χ3v) is 5.26. The molecule has 4 heteroatoms. The maximum Gasteiger partial charge on any atom is 0.169 e. The Morgan fingerprint density at radius 3 is 2.86 bits per heavy atom. The minimum Gasteiger partial charge on any atom is -0.359 e. The van der Waals surface area contributed by atoms with Crippen molar-refractivity contribution in [2.75, 3.05) is 13.1 Å². The highest BCUT2D eigenvalue weighted by Gasteiger charge is 2.30. The second kappa shape index (κ2) is 6.63. The molecule has 0 amide bonds. The van der Waals surface area contributed by atoms with Gasteiger partial charge in [0, 0.05) is 18.0 Å². The van der Waals surface area contributed by atoms with Gasteiger partial charge in [0.15, 0.2) is 5.11 Å². The van der Waals surface area contributed by atoms with Crippen LogP contribution in [0, 0.1) is 0 Å².